The summed E-state index contributed by atoms with van der Waals surface area (Å²) in [5.41, 5.74) is 3.74. The van der Waals surface area contributed by atoms with E-state index >= 15 is 0 Å². The van der Waals surface area contributed by atoms with Gasteiger partial charge < -0.3 is 9.84 Å². The first-order valence-corrected chi connectivity index (χ1v) is 7.35. The Balaban J connectivity index is 2.16. The largest absolute Gasteiger partial charge is 0.496 e. The minimum Gasteiger partial charge on any atom is -0.496 e. The summed E-state index contributed by atoms with van der Waals surface area (Å²) in [7, 11) is 1.69. The van der Waals surface area contributed by atoms with E-state index in [0.29, 0.717) is 11.8 Å². The second-order valence-electron chi connectivity index (χ2n) is 5.96. The van der Waals surface area contributed by atoms with Crippen molar-refractivity contribution in [3.63, 3.8) is 0 Å². The van der Waals surface area contributed by atoms with Crippen LogP contribution in [-0.4, -0.2) is 18.2 Å². The number of ether oxygens (including phenoxy) is 1. The topological polar surface area (TPSA) is 46.5 Å². The van der Waals surface area contributed by atoms with Crippen LogP contribution in [0.3, 0.4) is 0 Å². The molecular weight excluding hydrogens is 252 g/mol. The number of carboxylic acids is 1. The predicted octanol–water partition coefficient (Wildman–Crippen LogP) is 3.92. The van der Waals surface area contributed by atoms with E-state index in [0.717, 1.165) is 30.6 Å². The van der Waals surface area contributed by atoms with Crippen molar-refractivity contribution in [2.45, 2.75) is 46.0 Å². The number of hydrogen-bond acceptors (Lipinski definition) is 2. The molecule has 1 saturated carbocycles. The van der Waals surface area contributed by atoms with E-state index in [2.05, 4.69) is 32.9 Å². The fourth-order valence-corrected chi connectivity index (χ4v) is 3.16. The number of carboxylic acid groups (broad SMARTS) is 1. The first kappa shape index (κ1) is 14.9. The Labute approximate surface area is 121 Å². The Hall–Kier alpha value is -1.51. The molecule has 0 bridgehead atoms. The first-order chi connectivity index (χ1) is 9.47. The van der Waals surface area contributed by atoms with Gasteiger partial charge in [-0.3, -0.25) is 4.79 Å². The van der Waals surface area contributed by atoms with Crippen molar-refractivity contribution in [3.8, 4) is 5.75 Å². The lowest BCUT2D eigenvalue weighted by Gasteiger charge is -2.20. The highest BCUT2D eigenvalue weighted by Gasteiger charge is 2.43. The number of aliphatic carboxylic acids is 1. The zero-order chi connectivity index (χ0) is 14.9. The van der Waals surface area contributed by atoms with Crippen LogP contribution < -0.4 is 4.74 Å². The summed E-state index contributed by atoms with van der Waals surface area (Å²) in [4.78, 5) is 11.0. The Morgan fingerprint density at radius 3 is 2.60 bits per heavy atom. The fourth-order valence-electron chi connectivity index (χ4n) is 3.16. The molecule has 0 radical (unpaired) electrons. The maximum Gasteiger partial charge on any atom is 0.306 e. The van der Waals surface area contributed by atoms with E-state index in [1.54, 1.807) is 7.11 Å². The van der Waals surface area contributed by atoms with Gasteiger partial charge in [0, 0.05) is 0 Å². The van der Waals surface area contributed by atoms with E-state index < -0.39 is 5.97 Å². The molecule has 3 atom stereocenters. The average molecular weight is 276 g/mol. The highest BCUT2D eigenvalue weighted by atomic mass is 16.5. The van der Waals surface area contributed by atoms with Crippen LogP contribution in [0.5, 0.6) is 5.75 Å². The van der Waals surface area contributed by atoms with Crippen LogP contribution in [0.4, 0.5) is 0 Å². The van der Waals surface area contributed by atoms with E-state index in [-0.39, 0.29) is 5.92 Å². The smallest absolute Gasteiger partial charge is 0.306 e. The van der Waals surface area contributed by atoms with Crippen LogP contribution >= 0.6 is 0 Å². The van der Waals surface area contributed by atoms with E-state index in [9.17, 15) is 4.79 Å². The minimum absolute atomic E-state index is 0.108. The Morgan fingerprint density at radius 1 is 1.40 bits per heavy atom. The van der Waals surface area contributed by atoms with Gasteiger partial charge in [-0.1, -0.05) is 13.0 Å². The van der Waals surface area contributed by atoms with Crippen LogP contribution in [0.1, 0.15) is 48.8 Å². The molecule has 1 aliphatic carbocycles. The van der Waals surface area contributed by atoms with Crippen LogP contribution in [0.25, 0.3) is 0 Å². The first-order valence-electron chi connectivity index (χ1n) is 7.35. The lowest BCUT2D eigenvalue weighted by Crippen LogP contribution is -2.06. The minimum atomic E-state index is -0.632. The standard InChI is InChI=1S/C17H24O3/c1-5-12(8-13-9-15(13)17(18)19)14-6-11(3)16(20-4)7-10(14)2/h6-7,12-13,15H,5,8-9H2,1-4H3,(H,18,19). The summed E-state index contributed by atoms with van der Waals surface area (Å²) >= 11 is 0. The van der Waals surface area contributed by atoms with Gasteiger partial charge in [-0.15, -0.1) is 0 Å². The van der Waals surface area contributed by atoms with Gasteiger partial charge in [0.1, 0.15) is 5.75 Å². The highest BCUT2D eigenvalue weighted by molar-refractivity contribution is 5.73. The van der Waals surface area contributed by atoms with Gasteiger partial charge in [-0.25, -0.2) is 0 Å². The van der Waals surface area contributed by atoms with Crippen LogP contribution in [-0.2, 0) is 4.79 Å². The fraction of sp³-hybridized carbons (Fsp3) is 0.588. The molecular formula is C17H24O3. The molecule has 0 heterocycles. The number of hydrogen-bond donors (Lipinski definition) is 1. The van der Waals surface area contributed by atoms with Crippen molar-refractivity contribution in [2.24, 2.45) is 11.8 Å². The molecule has 20 heavy (non-hydrogen) atoms. The molecule has 110 valence electrons. The molecule has 0 spiro atoms. The van der Waals surface area contributed by atoms with Crippen molar-refractivity contribution >= 4 is 5.97 Å². The monoisotopic (exact) mass is 276 g/mol. The molecule has 1 fully saturated rings. The SMILES string of the molecule is CCC(CC1CC1C(=O)O)c1cc(C)c(OC)cc1C. The number of carbonyl (C=O) groups is 1. The van der Waals surface area contributed by atoms with E-state index in [4.69, 9.17) is 9.84 Å². The van der Waals surface area contributed by atoms with Gasteiger partial charge in [0.2, 0.25) is 0 Å². The molecule has 0 amide bonds. The molecule has 0 aromatic heterocycles. The third-order valence-corrected chi connectivity index (χ3v) is 4.54. The summed E-state index contributed by atoms with van der Waals surface area (Å²) in [5.74, 6) is 1.00. The molecule has 3 heteroatoms. The quantitative estimate of drug-likeness (QED) is 0.856. The zero-order valence-corrected chi connectivity index (χ0v) is 12.8. The van der Waals surface area contributed by atoms with Crippen molar-refractivity contribution < 1.29 is 14.6 Å². The van der Waals surface area contributed by atoms with Gasteiger partial charge in [-0.05, 0) is 67.7 Å². The summed E-state index contributed by atoms with van der Waals surface area (Å²) in [6, 6.07) is 4.30. The summed E-state index contributed by atoms with van der Waals surface area (Å²) < 4.78 is 5.36. The van der Waals surface area contributed by atoms with Crippen LogP contribution in [0.15, 0.2) is 12.1 Å². The molecule has 1 aromatic rings. The second kappa shape index (κ2) is 5.86. The second-order valence-corrected chi connectivity index (χ2v) is 5.96. The van der Waals surface area contributed by atoms with Crippen molar-refractivity contribution in [1.29, 1.82) is 0 Å². The predicted molar refractivity (Wildman–Crippen MR) is 79.3 cm³/mol. The molecule has 3 nitrogen and oxygen atoms in total. The molecule has 1 aromatic carbocycles. The highest BCUT2D eigenvalue weighted by Crippen LogP contribution is 2.46. The van der Waals surface area contributed by atoms with Gasteiger partial charge in [-0.2, -0.15) is 0 Å². The summed E-state index contributed by atoms with van der Waals surface area (Å²) in [6.45, 7) is 6.36. The number of rotatable bonds is 6. The number of methoxy groups -OCH3 is 1. The van der Waals surface area contributed by atoms with E-state index in [1.165, 1.54) is 11.1 Å². The summed E-state index contributed by atoms with van der Waals surface area (Å²) in [5, 5.41) is 9.03. The third kappa shape index (κ3) is 2.97. The molecule has 1 aliphatic rings. The van der Waals surface area contributed by atoms with E-state index in [1.807, 2.05) is 0 Å². The summed E-state index contributed by atoms with van der Waals surface area (Å²) in [6.07, 6.45) is 2.88. The Kier molecular flexibility index (Phi) is 4.36. The normalized spacial score (nSPS) is 22.4. The number of benzene rings is 1. The maximum absolute atomic E-state index is 11.0. The molecule has 1 N–H and O–H groups in total. The Bertz CT molecular complexity index is 507. The van der Waals surface area contributed by atoms with Gasteiger partial charge >= 0.3 is 5.97 Å². The van der Waals surface area contributed by atoms with Gasteiger partial charge in [0.25, 0.3) is 0 Å². The van der Waals surface area contributed by atoms with Crippen molar-refractivity contribution in [1.82, 2.24) is 0 Å². The third-order valence-electron chi connectivity index (χ3n) is 4.54. The van der Waals surface area contributed by atoms with Gasteiger partial charge in [0.05, 0.1) is 13.0 Å². The number of aryl methyl sites for hydroxylation is 2. The van der Waals surface area contributed by atoms with Gasteiger partial charge in [0.15, 0.2) is 0 Å². The molecule has 0 aliphatic heterocycles. The average Bonchev–Trinajstić information content (AvgIpc) is 3.18. The molecule has 0 saturated heterocycles. The lowest BCUT2D eigenvalue weighted by atomic mass is 9.86. The van der Waals surface area contributed by atoms with Crippen molar-refractivity contribution in [3.05, 3.63) is 28.8 Å². The van der Waals surface area contributed by atoms with Crippen LogP contribution in [0.2, 0.25) is 0 Å². The maximum atomic E-state index is 11.0. The Morgan fingerprint density at radius 2 is 2.10 bits per heavy atom. The zero-order valence-electron chi connectivity index (χ0n) is 12.8. The molecule has 2 rings (SSSR count). The lowest BCUT2D eigenvalue weighted by molar-refractivity contribution is -0.138. The van der Waals surface area contributed by atoms with Crippen molar-refractivity contribution in [2.75, 3.05) is 7.11 Å². The van der Waals surface area contributed by atoms with Crippen LogP contribution in [0, 0.1) is 25.7 Å². The molecule has 3 unspecified atom stereocenters.